The second-order valence-corrected chi connectivity index (χ2v) is 7.60. The summed E-state index contributed by atoms with van der Waals surface area (Å²) in [6.07, 6.45) is 2.67. The van der Waals surface area contributed by atoms with E-state index in [1.165, 1.54) is 11.3 Å². The predicted octanol–water partition coefficient (Wildman–Crippen LogP) is 4.29. The summed E-state index contributed by atoms with van der Waals surface area (Å²) in [5, 5.41) is 3.24. The third kappa shape index (κ3) is 2.11. The van der Waals surface area contributed by atoms with Gasteiger partial charge in [-0.3, -0.25) is 9.36 Å². The number of benzene rings is 1. The van der Waals surface area contributed by atoms with Crippen molar-refractivity contribution in [2.24, 2.45) is 0 Å². The molecule has 5 nitrogen and oxygen atoms in total. The van der Waals surface area contributed by atoms with Gasteiger partial charge >= 0.3 is 0 Å². The fraction of sp³-hybridized carbons (Fsp3) is 0.235. The smallest absolute Gasteiger partial charge is 0.258 e. The van der Waals surface area contributed by atoms with Gasteiger partial charge in [-0.2, -0.15) is 0 Å². The minimum Gasteiger partial charge on any atom is -0.330 e. The van der Waals surface area contributed by atoms with Gasteiger partial charge in [0.1, 0.15) is 17.0 Å². The molecule has 1 atom stereocenters. The van der Waals surface area contributed by atoms with Crippen molar-refractivity contribution in [2.45, 2.75) is 18.3 Å². The van der Waals surface area contributed by atoms with E-state index in [4.69, 9.17) is 23.2 Å². The summed E-state index contributed by atoms with van der Waals surface area (Å²) in [6, 6.07) is 5.52. The minimum absolute atomic E-state index is 0.00295. The number of carbonyl (C=O) groups excluding carboxylic acids is 1. The Labute approximate surface area is 157 Å². The number of nitrogens with zero attached hydrogens (tertiary/aromatic N) is 4. The molecule has 1 aromatic carbocycles. The SMILES string of the molecule is O=C1c2c(Cl)cccc2-n2cnc(-c3nc(CCl)cs3)c2[C@@H]2CCN12. The number of aromatic nitrogens is 3. The van der Waals surface area contributed by atoms with E-state index in [0.29, 0.717) is 16.5 Å². The van der Waals surface area contributed by atoms with Crippen molar-refractivity contribution in [1.29, 1.82) is 0 Å². The molecule has 2 aromatic heterocycles. The van der Waals surface area contributed by atoms with Gasteiger partial charge in [0.15, 0.2) is 0 Å². The zero-order chi connectivity index (χ0) is 17.1. The number of fused-ring (bicyclic) bond motifs is 5. The van der Waals surface area contributed by atoms with Gasteiger partial charge in [0.25, 0.3) is 5.91 Å². The van der Waals surface area contributed by atoms with Crippen LogP contribution in [0.3, 0.4) is 0 Å². The van der Waals surface area contributed by atoms with Crippen LogP contribution < -0.4 is 0 Å². The van der Waals surface area contributed by atoms with Crippen LogP contribution in [0.1, 0.15) is 34.2 Å². The maximum atomic E-state index is 13.0. The second kappa shape index (κ2) is 5.56. The van der Waals surface area contributed by atoms with Crippen LogP contribution in [0, 0.1) is 0 Å². The van der Waals surface area contributed by atoms with Gasteiger partial charge < -0.3 is 4.90 Å². The Bertz CT molecular complexity index is 1010. The summed E-state index contributed by atoms with van der Waals surface area (Å²) in [5.41, 5.74) is 3.96. The highest BCUT2D eigenvalue weighted by molar-refractivity contribution is 7.13. The number of rotatable bonds is 2. The molecule has 0 spiro atoms. The number of hydrogen-bond acceptors (Lipinski definition) is 4. The fourth-order valence-electron chi connectivity index (χ4n) is 3.49. The Morgan fingerprint density at radius 3 is 2.96 bits per heavy atom. The quantitative estimate of drug-likeness (QED) is 0.613. The standard InChI is InChI=1S/C17H12Cl2N4OS/c18-6-9-7-25-16(21-9)14-15-12-4-5-22(12)17(24)13-10(19)2-1-3-11(13)23(15)8-20-14/h1-3,7-8,12H,4-6H2/t12-/m0/s1. The van der Waals surface area contributed by atoms with E-state index in [1.807, 2.05) is 27.0 Å². The first-order valence-corrected chi connectivity index (χ1v) is 9.66. The van der Waals surface area contributed by atoms with Crippen LogP contribution in [-0.2, 0) is 5.88 Å². The molecule has 0 N–H and O–H groups in total. The molecular weight excluding hydrogens is 379 g/mol. The molecule has 0 unspecified atom stereocenters. The molecule has 126 valence electrons. The molecule has 0 bridgehead atoms. The third-order valence-corrected chi connectivity index (χ3v) is 6.24. The number of hydrogen-bond donors (Lipinski definition) is 0. The zero-order valence-corrected chi connectivity index (χ0v) is 15.3. The summed E-state index contributed by atoms with van der Waals surface area (Å²) in [6.45, 7) is 0.726. The zero-order valence-electron chi connectivity index (χ0n) is 12.9. The van der Waals surface area contributed by atoms with Crippen LogP contribution >= 0.6 is 34.5 Å². The molecule has 0 saturated carbocycles. The molecule has 1 saturated heterocycles. The van der Waals surface area contributed by atoms with Gasteiger partial charge in [-0.25, -0.2) is 9.97 Å². The number of thiazole rings is 1. The first-order valence-electron chi connectivity index (χ1n) is 7.87. The van der Waals surface area contributed by atoms with Crippen LogP contribution in [0.15, 0.2) is 29.9 Å². The van der Waals surface area contributed by atoms with Crippen molar-refractivity contribution in [3.05, 3.63) is 51.9 Å². The van der Waals surface area contributed by atoms with Gasteiger partial charge in [0.05, 0.1) is 39.6 Å². The van der Waals surface area contributed by atoms with Gasteiger partial charge in [-0.15, -0.1) is 22.9 Å². The van der Waals surface area contributed by atoms with Crippen LogP contribution in [0.25, 0.3) is 16.4 Å². The Morgan fingerprint density at radius 2 is 2.24 bits per heavy atom. The number of imidazole rings is 1. The molecule has 0 aliphatic carbocycles. The normalized spacial score (nSPS) is 18.2. The van der Waals surface area contributed by atoms with E-state index in [-0.39, 0.29) is 11.9 Å². The van der Waals surface area contributed by atoms with E-state index < -0.39 is 0 Å². The van der Waals surface area contributed by atoms with E-state index in [9.17, 15) is 4.79 Å². The first kappa shape index (κ1) is 15.4. The summed E-state index contributed by atoms with van der Waals surface area (Å²) in [5.74, 6) is 0.353. The number of alkyl halides is 1. The molecule has 25 heavy (non-hydrogen) atoms. The topological polar surface area (TPSA) is 51.0 Å². The largest absolute Gasteiger partial charge is 0.330 e. The van der Waals surface area contributed by atoms with Crippen molar-refractivity contribution < 1.29 is 4.79 Å². The highest BCUT2D eigenvalue weighted by Crippen LogP contribution is 2.45. The number of halogens is 2. The molecule has 2 aliphatic rings. The highest BCUT2D eigenvalue weighted by atomic mass is 35.5. The molecule has 1 fully saturated rings. The van der Waals surface area contributed by atoms with Crippen LogP contribution in [0.2, 0.25) is 5.02 Å². The van der Waals surface area contributed by atoms with Crippen molar-refractivity contribution in [3.63, 3.8) is 0 Å². The highest BCUT2D eigenvalue weighted by Gasteiger charge is 2.42. The molecule has 8 heteroatoms. The second-order valence-electron chi connectivity index (χ2n) is 6.06. The maximum Gasteiger partial charge on any atom is 0.258 e. The molecular formula is C17H12Cl2N4OS. The average molecular weight is 391 g/mol. The van der Waals surface area contributed by atoms with Gasteiger partial charge in [0.2, 0.25) is 0 Å². The molecule has 4 heterocycles. The lowest BCUT2D eigenvalue weighted by atomic mass is 9.97. The van der Waals surface area contributed by atoms with Crippen molar-refractivity contribution in [1.82, 2.24) is 19.4 Å². The first-order chi connectivity index (χ1) is 12.2. The summed E-state index contributed by atoms with van der Waals surface area (Å²) >= 11 is 13.8. The Balaban J connectivity index is 1.77. The molecule has 2 aliphatic heterocycles. The summed E-state index contributed by atoms with van der Waals surface area (Å²) in [4.78, 5) is 24.0. The summed E-state index contributed by atoms with van der Waals surface area (Å²) < 4.78 is 1.99. The third-order valence-electron chi connectivity index (χ3n) is 4.76. The van der Waals surface area contributed by atoms with Gasteiger partial charge in [0, 0.05) is 11.9 Å². The lowest BCUT2D eigenvalue weighted by Crippen LogP contribution is -2.44. The maximum absolute atomic E-state index is 13.0. The molecule has 3 aromatic rings. The van der Waals surface area contributed by atoms with Crippen molar-refractivity contribution in [2.75, 3.05) is 6.54 Å². The lowest BCUT2D eigenvalue weighted by molar-refractivity contribution is 0.0462. The van der Waals surface area contributed by atoms with Crippen LogP contribution in [-0.4, -0.2) is 31.9 Å². The lowest BCUT2D eigenvalue weighted by Gasteiger charge is -2.39. The van der Waals surface area contributed by atoms with E-state index >= 15 is 0 Å². The monoisotopic (exact) mass is 390 g/mol. The van der Waals surface area contributed by atoms with Crippen molar-refractivity contribution >= 4 is 40.4 Å². The summed E-state index contributed by atoms with van der Waals surface area (Å²) in [7, 11) is 0. The predicted molar refractivity (Wildman–Crippen MR) is 97.6 cm³/mol. The van der Waals surface area contributed by atoms with Gasteiger partial charge in [-0.05, 0) is 18.6 Å². The Kier molecular flexibility index (Phi) is 3.42. The fourth-order valence-corrected chi connectivity index (χ4v) is 4.80. The van der Waals surface area contributed by atoms with Gasteiger partial charge in [-0.1, -0.05) is 17.7 Å². The van der Waals surface area contributed by atoms with E-state index in [1.54, 1.807) is 12.4 Å². The van der Waals surface area contributed by atoms with Crippen LogP contribution in [0.4, 0.5) is 0 Å². The van der Waals surface area contributed by atoms with E-state index in [0.717, 1.165) is 40.7 Å². The molecule has 0 radical (unpaired) electrons. The molecule has 1 amide bonds. The Morgan fingerprint density at radius 1 is 1.36 bits per heavy atom. The minimum atomic E-state index is -0.0212. The Hall–Kier alpha value is -1.89. The number of amides is 1. The van der Waals surface area contributed by atoms with E-state index in [2.05, 4.69) is 9.97 Å². The van der Waals surface area contributed by atoms with Crippen LogP contribution in [0.5, 0.6) is 0 Å². The number of carbonyl (C=O) groups is 1. The average Bonchev–Trinajstić information content (AvgIpc) is 3.18. The molecule has 5 rings (SSSR count). The van der Waals surface area contributed by atoms with Crippen molar-refractivity contribution in [3.8, 4) is 16.4 Å².